The van der Waals surface area contributed by atoms with Crippen LogP contribution in [0.4, 0.5) is 10.5 Å². The molecule has 2 aliphatic rings. The molecule has 0 aromatic heterocycles. The van der Waals surface area contributed by atoms with Gasteiger partial charge in [-0.05, 0) is 79.8 Å². The second-order valence-electron chi connectivity index (χ2n) is 10.6. The first-order chi connectivity index (χ1) is 19.8. The highest BCUT2D eigenvalue weighted by atomic mass is 79.9. The van der Waals surface area contributed by atoms with Gasteiger partial charge in [-0.3, -0.25) is 9.59 Å². The normalized spacial score (nSPS) is 17.4. The number of anilines is 1. The van der Waals surface area contributed by atoms with Crippen LogP contribution >= 0.6 is 15.9 Å². The molecule has 0 saturated carbocycles. The zero-order valence-electron chi connectivity index (χ0n) is 23.4. The minimum Gasteiger partial charge on any atom is -0.489 e. The van der Waals surface area contributed by atoms with Crippen LogP contribution in [0.1, 0.15) is 39.9 Å². The van der Waals surface area contributed by atoms with Crippen LogP contribution in [0.2, 0.25) is 0 Å². The number of aryl methyl sites for hydroxylation is 2. The Hall–Kier alpha value is -3.85. The molecule has 5 rings (SSSR count). The summed E-state index contributed by atoms with van der Waals surface area (Å²) in [7, 11) is 0. The molecule has 4 amide bonds. The van der Waals surface area contributed by atoms with E-state index in [4.69, 9.17) is 4.74 Å². The molecule has 1 unspecified atom stereocenters. The number of piperazine rings is 1. The molecule has 1 atom stereocenters. The summed E-state index contributed by atoms with van der Waals surface area (Å²) >= 11 is 3.52. The van der Waals surface area contributed by atoms with Crippen LogP contribution in [0.3, 0.4) is 0 Å². The number of benzene rings is 3. The van der Waals surface area contributed by atoms with Crippen molar-refractivity contribution in [1.82, 2.24) is 15.1 Å². The first-order valence-electron chi connectivity index (χ1n) is 14.0. The fourth-order valence-electron chi connectivity index (χ4n) is 5.53. The number of urea groups is 1. The van der Waals surface area contributed by atoms with E-state index in [0.29, 0.717) is 57.1 Å². The Morgan fingerprint density at radius 1 is 0.902 bits per heavy atom. The van der Waals surface area contributed by atoms with Gasteiger partial charge in [0.15, 0.2) is 0 Å². The lowest BCUT2D eigenvalue weighted by Crippen LogP contribution is -2.58. The van der Waals surface area contributed by atoms with Gasteiger partial charge in [-0.25, -0.2) is 4.79 Å². The SMILES string of the molecule is Cc1cc(Br)cc(C)c1N1CCCC(NC(=O)N2CCN(C(=O)c3ccc(OCc4ccccc4)cc3)CC2)C1=O. The lowest BCUT2D eigenvalue weighted by molar-refractivity contribution is -0.121. The maximum Gasteiger partial charge on any atom is 0.318 e. The Morgan fingerprint density at radius 3 is 2.20 bits per heavy atom. The number of carbonyl (C=O) groups is 3. The van der Waals surface area contributed by atoms with Gasteiger partial charge in [-0.15, -0.1) is 0 Å². The van der Waals surface area contributed by atoms with Crippen LogP contribution in [0, 0.1) is 13.8 Å². The van der Waals surface area contributed by atoms with E-state index in [0.717, 1.165) is 33.3 Å². The monoisotopic (exact) mass is 618 g/mol. The molecule has 41 heavy (non-hydrogen) atoms. The third-order valence-corrected chi connectivity index (χ3v) is 8.12. The van der Waals surface area contributed by atoms with Crippen LogP contribution in [-0.4, -0.2) is 66.4 Å². The van der Waals surface area contributed by atoms with Crippen LogP contribution in [0.15, 0.2) is 71.2 Å². The summed E-state index contributed by atoms with van der Waals surface area (Å²) in [5, 5.41) is 2.96. The summed E-state index contributed by atoms with van der Waals surface area (Å²) in [5.41, 5.74) is 4.62. The van der Waals surface area contributed by atoms with Crippen LogP contribution in [0.25, 0.3) is 0 Å². The van der Waals surface area contributed by atoms with Crippen LogP contribution in [0.5, 0.6) is 5.75 Å². The summed E-state index contributed by atoms with van der Waals surface area (Å²) in [6, 6.07) is 20.3. The van der Waals surface area contributed by atoms with E-state index in [-0.39, 0.29) is 17.8 Å². The smallest absolute Gasteiger partial charge is 0.318 e. The Morgan fingerprint density at radius 2 is 1.54 bits per heavy atom. The lowest BCUT2D eigenvalue weighted by atomic mass is 10.0. The molecule has 3 aromatic rings. The first-order valence-corrected chi connectivity index (χ1v) is 14.8. The Kier molecular flexibility index (Phi) is 8.93. The number of amides is 4. The number of nitrogens with one attached hydrogen (secondary N) is 1. The molecule has 2 saturated heterocycles. The van der Waals surface area contributed by atoms with E-state index >= 15 is 0 Å². The molecule has 2 fully saturated rings. The average Bonchev–Trinajstić information content (AvgIpc) is 2.98. The van der Waals surface area contributed by atoms with Crippen molar-refractivity contribution in [2.24, 2.45) is 0 Å². The zero-order chi connectivity index (χ0) is 28.9. The topological polar surface area (TPSA) is 82.2 Å². The number of rotatable bonds is 6. The van der Waals surface area contributed by atoms with Crippen molar-refractivity contribution in [3.63, 3.8) is 0 Å². The minimum absolute atomic E-state index is 0.0713. The standard InChI is InChI=1S/C32H35BrN4O4/c1-22-19-26(33)20-23(2)29(22)37-14-6-9-28(31(37)39)34-32(40)36-17-15-35(16-18-36)30(38)25-10-12-27(13-11-25)41-21-24-7-4-3-5-8-24/h3-5,7-8,10-13,19-20,28H,6,9,14-18,21H2,1-2H3,(H,34,40). The first kappa shape index (κ1) is 28.7. The van der Waals surface area contributed by atoms with Crippen LogP contribution < -0.4 is 15.0 Å². The van der Waals surface area contributed by atoms with Crippen molar-refractivity contribution in [1.29, 1.82) is 0 Å². The lowest BCUT2D eigenvalue weighted by Gasteiger charge is -2.38. The number of piperidine rings is 1. The summed E-state index contributed by atoms with van der Waals surface area (Å²) in [4.78, 5) is 44.8. The highest BCUT2D eigenvalue weighted by Gasteiger charge is 2.34. The van der Waals surface area contributed by atoms with E-state index < -0.39 is 6.04 Å². The van der Waals surface area contributed by atoms with Crippen molar-refractivity contribution in [2.45, 2.75) is 39.3 Å². The van der Waals surface area contributed by atoms with Gasteiger partial charge in [0.2, 0.25) is 5.91 Å². The molecule has 1 N–H and O–H groups in total. The molecule has 214 valence electrons. The molecule has 9 heteroatoms. The maximum absolute atomic E-state index is 13.4. The van der Waals surface area contributed by atoms with Gasteiger partial charge in [-0.1, -0.05) is 46.3 Å². The molecule has 0 aliphatic carbocycles. The molecule has 0 bridgehead atoms. The predicted molar refractivity (Wildman–Crippen MR) is 162 cm³/mol. The van der Waals surface area contributed by atoms with E-state index in [1.54, 1.807) is 26.8 Å². The van der Waals surface area contributed by atoms with Gasteiger partial charge in [0.05, 0.1) is 0 Å². The Bertz CT molecular complexity index is 1380. The summed E-state index contributed by atoms with van der Waals surface area (Å²) in [6.07, 6.45) is 1.42. The van der Waals surface area contributed by atoms with E-state index in [9.17, 15) is 14.4 Å². The van der Waals surface area contributed by atoms with Gasteiger partial charge >= 0.3 is 6.03 Å². The fraction of sp³-hybridized carbons (Fsp3) is 0.344. The Labute approximate surface area is 249 Å². The second kappa shape index (κ2) is 12.8. The average molecular weight is 620 g/mol. The van der Waals surface area contributed by atoms with Gasteiger partial charge in [0.1, 0.15) is 18.4 Å². The van der Waals surface area contributed by atoms with Gasteiger partial charge in [0.25, 0.3) is 5.91 Å². The number of nitrogens with zero attached hydrogens (tertiary/aromatic N) is 3. The van der Waals surface area contributed by atoms with Crippen molar-refractivity contribution >= 4 is 39.5 Å². The number of carbonyl (C=O) groups excluding carboxylic acids is 3. The fourth-order valence-corrected chi connectivity index (χ4v) is 6.22. The number of hydrogen-bond donors (Lipinski definition) is 1. The van der Waals surface area contributed by atoms with Crippen molar-refractivity contribution < 1.29 is 19.1 Å². The predicted octanol–water partition coefficient (Wildman–Crippen LogP) is 5.31. The van der Waals surface area contributed by atoms with E-state index in [2.05, 4.69) is 21.2 Å². The largest absolute Gasteiger partial charge is 0.489 e. The molecule has 3 aromatic carbocycles. The number of hydrogen-bond acceptors (Lipinski definition) is 4. The van der Waals surface area contributed by atoms with Crippen molar-refractivity contribution in [3.05, 3.63) is 93.5 Å². The quantitative estimate of drug-likeness (QED) is 0.406. The Balaban J connectivity index is 1.12. The highest BCUT2D eigenvalue weighted by Crippen LogP contribution is 2.31. The second-order valence-corrected chi connectivity index (χ2v) is 11.5. The van der Waals surface area contributed by atoms with Gasteiger partial charge in [0, 0.05) is 48.4 Å². The summed E-state index contributed by atoms with van der Waals surface area (Å²) < 4.78 is 6.81. The number of halogens is 1. The third-order valence-electron chi connectivity index (χ3n) is 7.67. The minimum atomic E-state index is -0.569. The summed E-state index contributed by atoms with van der Waals surface area (Å²) in [5.74, 6) is 0.550. The molecular weight excluding hydrogens is 584 g/mol. The van der Waals surface area contributed by atoms with Crippen molar-refractivity contribution in [3.8, 4) is 5.75 Å². The molecule has 2 aliphatic heterocycles. The highest BCUT2D eigenvalue weighted by molar-refractivity contribution is 9.10. The molecular formula is C32H35BrN4O4. The molecule has 0 spiro atoms. The molecule has 8 nitrogen and oxygen atoms in total. The maximum atomic E-state index is 13.4. The van der Waals surface area contributed by atoms with E-state index in [1.165, 1.54) is 0 Å². The molecule has 2 heterocycles. The third kappa shape index (κ3) is 6.73. The zero-order valence-corrected chi connectivity index (χ0v) is 25.0. The van der Waals surface area contributed by atoms with Crippen LogP contribution in [-0.2, 0) is 11.4 Å². The number of ether oxygens (including phenoxy) is 1. The van der Waals surface area contributed by atoms with E-state index in [1.807, 2.05) is 68.4 Å². The molecule has 0 radical (unpaired) electrons. The van der Waals surface area contributed by atoms with Crippen molar-refractivity contribution in [2.75, 3.05) is 37.6 Å². The van der Waals surface area contributed by atoms with Gasteiger partial charge < -0.3 is 24.8 Å². The van der Waals surface area contributed by atoms with Gasteiger partial charge in [-0.2, -0.15) is 0 Å². The summed E-state index contributed by atoms with van der Waals surface area (Å²) in [6.45, 7) is 6.77.